The van der Waals surface area contributed by atoms with Gasteiger partial charge in [-0.25, -0.2) is 4.79 Å². The summed E-state index contributed by atoms with van der Waals surface area (Å²) in [6, 6.07) is 31.6. The summed E-state index contributed by atoms with van der Waals surface area (Å²) < 4.78 is 0. The second kappa shape index (κ2) is 20.0. The highest BCUT2D eigenvalue weighted by Crippen LogP contribution is 2.26. The van der Waals surface area contributed by atoms with Crippen LogP contribution in [-0.2, 0) is 16.0 Å². The Labute approximate surface area is 314 Å². The molecule has 4 aromatic rings. The van der Waals surface area contributed by atoms with Crippen molar-refractivity contribution in [2.75, 3.05) is 43.4 Å². The Hall–Kier alpha value is -5.44. The predicted octanol–water partition coefficient (Wildman–Crippen LogP) is 7.85. The molecule has 0 radical (unpaired) electrons. The average molecular weight is 716 g/mol. The maximum Gasteiger partial charge on any atom is 0.321 e. The first kappa shape index (κ1) is 38.8. The molecule has 0 spiro atoms. The zero-order valence-electron chi connectivity index (χ0n) is 31.1. The van der Waals surface area contributed by atoms with E-state index in [1.54, 1.807) is 30.1 Å². The van der Waals surface area contributed by atoms with E-state index in [0.717, 1.165) is 48.2 Å². The Balaban J connectivity index is 1.27. The molecule has 3 N–H and O–H groups in total. The predicted molar refractivity (Wildman–Crippen MR) is 213 cm³/mol. The number of hydrogen-bond donors (Lipinski definition) is 3. The van der Waals surface area contributed by atoms with Crippen molar-refractivity contribution >= 4 is 35.0 Å². The van der Waals surface area contributed by atoms with Crippen LogP contribution in [0.1, 0.15) is 79.8 Å². The SMILES string of the molecule is CCCCCCCNC(=O)N(C)c1cccc(-c2ccc(CC(Nc3ccccc3C(=O)c3ccccc3)C(=O)NCCCN3CCCC3=O)cc2)c1. The van der Waals surface area contributed by atoms with Crippen molar-refractivity contribution < 1.29 is 19.2 Å². The van der Waals surface area contributed by atoms with Crippen LogP contribution in [0.25, 0.3) is 11.1 Å². The molecule has 4 amide bonds. The van der Waals surface area contributed by atoms with Crippen LogP contribution in [0.3, 0.4) is 0 Å². The number of carbonyl (C=O) groups is 4. The van der Waals surface area contributed by atoms with Crippen molar-refractivity contribution in [1.29, 1.82) is 0 Å². The maximum atomic E-state index is 13.8. The maximum absolute atomic E-state index is 13.8. The van der Waals surface area contributed by atoms with E-state index in [0.29, 0.717) is 55.7 Å². The van der Waals surface area contributed by atoms with Crippen molar-refractivity contribution in [3.05, 3.63) is 120 Å². The Morgan fingerprint density at radius 2 is 1.51 bits per heavy atom. The van der Waals surface area contributed by atoms with Crippen molar-refractivity contribution in [1.82, 2.24) is 15.5 Å². The Bertz CT molecular complexity index is 1810. The number of carbonyl (C=O) groups excluding carboxylic acids is 4. The van der Waals surface area contributed by atoms with Gasteiger partial charge in [-0.05, 0) is 60.2 Å². The minimum absolute atomic E-state index is 0.124. The van der Waals surface area contributed by atoms with Crippen LogP contribution in [0.5, 0.6) is 0 Å². The number of nitrogens with one attached hydrogen (secondary N) is 3. The molecule has 0 aromatic heterocycles. The number of urea groups is 1. The zero-order chi connectivity index (χ0) is 37.4. The van der Waals surface area contributed by atoms with Crippen LogP contribution in [0.15, 0.2) is 103 Å². The number of rotatable bonds is 19. The highest BCUT2D eigenvalue weighted by molar-refractivity contribution is 6.12. The molecule has 1 fully saturated rings. The van der Waals surface area contributed by atoms with Gasteiger partial charge in [0.25, 0.3) is 0 Å². The Morgan fingerprint density at radius 3 is 2.26 bits per heavy atom. The summed E-state index contributed by atoms with van der Waals surface area (Å²) in [5.41, 5.74) is 5.36. The van der Waals surface area contributed by atoms with E-state index >= 15 is 0 Å². The van der Waals surface area contributed by atoms with Gasteiger partial charge in [-0.2, -0.15) is 0 Å². The normalized spacial score (nSPS) is 13.0. The molecule has 4 aromatic carbocycles. The summed E-state index contributed by atoms with van der Waals surface area (Å²) >= 11 is 0. The average Bonchev–Trinajstić information content (AvgIpc) is 3.61. The largest absolute Gasteiger partial charge is 0.373 e. The number of para-hydroxylation sites is 1. The highest BCUT2D eigenvalue weighted by Gasteiger charge is 2.23. The smallest absolute Gasteiger partial charge is 0.321 e. The van der Waals surface area contributed by atoms with Crippen LogP contribution < -0.4 is 20.9 Å². The molecule has 278 valence electrons. The van der Waals surface area contributed by atoms with E-state index in [-0.39, 0.29) is 23.6 Å². The van der Waals surface area contributed by atoms with Gasteiger partial charge < -0.3 is 20.9 Å². The van der Waals surface area contributed by atoms with Gasteiger partial charge in [0.2, 0.25) is 11.8 Å². The van der Waals surface area contributed by atoms with E-state index in [9.17, 15) is 19.2 Å². The first-order valence-corrected chi connectivity index (χ1v) is 19.1. The van der Waals surface area contributed by atoms with E-state index in [2.05, 4.69) is 22.9 Å². The van der Waals surface area contributed by atoms with Gasteiger partial charge in [0.05, 0.1) is 0 Å². The molecule has 1 aliphatic heterocycles. The van der Waals surface area contributed by atoms with Crippen LogP contribution in [0.2, 0.25) is 0 Å². The highest BCUT2D eigenvalue weighted by atomic mass is 16.2. The molecule has 0 saturated carbocycles. The minimum Gasteiger partial charge on any atom is -0.373 e. The summed E-state index contributed by atoms with van der Waals surface area (Å²) in [5, 5.41) is 9.50. The number of benzene rings is 4. The van der Waals surface area contributed by atoms with Crippen LogP contribution in [0, 0.1) is 0 Å². The van der Waals surface area contributed by atoms with Gasteiger partial charge in [0.1, 0.15) is 6.04 Å². The van der Waals surface area contributed by atoms with Gasteiger partial charge in [0.15, 0.2) is 5.78 Å². The first-order valence-electron chi connectivity index (χ1n) is 19.1. The quantitative estimate of drug-likeness (QED) is 0.0677. The van der Waals surface area contributed by atoms with Crippen molar-refractivity contribution in [2.24, 2.45) is 0 Å². The number of nitrogens with zero attached hydrogens (tertiary/aromatic N) is 2. The van der Waals surface area contributed by atoms with Gasteiger partial charge in [-0.3, -0.25) is 19.3 Å². The third-order valence-electron chi connectivity index (χ3n) is 9.75. The second-order valence-corrected chi connectivity index (χ2v) is 13.7. The topological polar surface area (TPSA) is 111 Å². The lowest BCUT2D eigenvalue weighted by Crippen LogP contribution is -2.42. The Kier molecular flexibility index (Phi) is 14.6. The third-order valence-corrected chi connectivity index (χ3v) is 9.75. The molecule has 0 aliphatic carbocycles. The number of hydrogen-bond acceptors (Lipinski definition) is 5. The van der Waals surface area contributed by atoms with Crippen molar-refractivity contribution in [3.8, 4) is 11.1 Å². The van der Waals surface area contributed by atoms with Gasteiger partial charge in [0, 0.05) is 68.6 Å². The fourth-order valence-electron chi connectivity index (χ4n) is 6.62. The molecule has 1 unspecified atom stereocenters. The lowest BCUT2D eigenvalue weighted by Gasteiger charge is -2.22. The molecule has 9 heteroatoms. The summed E-state index contributed by atoms with van der Waals surface area (Å²) in [6.45, 7) is 4.68. The van der Waals surface area contributed by atoms with E-state index in [1.807, 2.05) is 89.8 Å². The fraction of sp³-hybridized carbons (Fsp3) is 0.364. The summed E-state index contributed by atoms with van der Waals surface area (Å²) in [7, 11) is 1.78. The summed E-state index contributed by atoms with van der Waals surface area (Å²) in [5.74, 6) is -0.134. The fourth-order valence-corrected chi connectivity index (χ4v) is 6.62. The molecule has 5 rings (SSSR count). The summed E-state index contributed by atoms with van der Waals surface area (Å²) in [4.78, 5) is 55.6. The number of ketones is 1. The van der Waals surface area contributed by atoms with Crippen molar-refractivity contribution in [3.63, 3.8) is 0 Å². The van der Waals surface area contributed by atoms with Crippen molar-refractivity contribution in [2.45, 2.75) is 70.8 Å². The first-order chi connectivity index (χ1) is 25.8. The van der Waals surface area contributed by atoms with Crippen LogP contribution in [0.4, 0.5) is 16.2 Å². The number of unbranched alkanes of at least 4 members (excludes halogenated alkanes) is 4. The zero-order valence-corrected chi connectivity index (χ0v) is 31.1. The second-order valence-electron chi connectivity index (χ2n) is 13.7. The molecule has 1 atom stereocenters. The minimum atomic E-state index is -0.666. The van der Waals surface area contributed by atoms with E-state index < -0.39 is 6.04 Å². The standard InChI is InChI=1S/C44H53N5O4/c1-3-4-5-6-12-27-46-44(53)48(2)37-19-13-18-36(32-37)34-25-23-33(24-26-34)31-40(43(52)45-28-15-30-49-29-14-22-41(49)50)47-39-21-11-10-20-38(39)42(51)35-16-8-7-9-17-35/h7-11,13,16-21,23-26,32,40,47H,3-6,12,14-15,22,27-31H2,1-2H3,(H,45,52)(H,46,53). The lowest BCUT2D eigenvalue weighted by atomic mass is 9.98. The lowest BCUT2D eigenvalue weighted by molar-refractivity contribution is -0.127. The summed E-state index contributed by atoms with van der Waals surface area (Å²) in [6.07, 6.45) is 8.24. The number of amides is 4. The number of anilines is 2. The molecule has 1 saturated heterocycles. The van der Waals surface area contributed by atoms with Gasteiger partial charge >= 0.3 is 6.03 Å². The van der Waals surface area contributed by atoms with E-state index in [4.69, 9.17) is 0 Å². The molecule has 53 heavy (non-hydrogen) atoms. The molecule has 1 aliphatic rings. The number of likely N-dealkylation sites (tertiary alicyclic amines) is 1. The van der Waals surface area contributed by atoms with Gasteiger partial charge in [-0.1, -0.05) is 111 Å². The van der Waals surface area contributed by atoms with Crippen LogP contribution in [-0.4, -0.2) is 67.8 Å². The molecular formula is C44H53N5O4. The monoisotopic (exact) mass is 715 g/mol. The Morgan fingerprint density at radius 1 is 0.774 bits per heavy atom. The third kappa shape index (κ3) is 11.3. The van der Waals surface area contributed by atoms with Crippen LogP contribution >= 0.6 is 0 Å². The molecule has 9 nitrogen and oxygen atoms in total. The molecule has 0 bridgehead atoms. The van der Waals surface area contributed by atoms with E-state index in [1.165, 1.54) is 19.3 Å². The molecule has 1 heterocycles. The molecular weight excluding hydrogens is 663 g/mol. The van der Waals surface area contributed by atoms with Gasteiger partial charge in [-0.15, -0.1) is 0 Å².